The summed E-state index contributed by atoms with van der Waals surface area (Å²) < 4.78 is 1.73. The van der Waals surface area contributed by atoms with E-state index in [1.165, 1.54) is 4.90 Å². The summed E-state index contributed by atoms with van der Waals surface area (Å²) in [5, 5.41) is 16.0. The molecule has 2 amide bonds. The van der Waals surface area contributed by atoms with Gasteiger partial charge in [-0.15, -0.1) is 0 Å². The van der Waals surface area contributed by atoms with E-state index in [0.717, 1.165) is 0 Å². The summed E-state index contributed by atoms with van der Waals surface area (Å²) in [7, 11) is 0. The van der Waals surface area contributed by atoms with Crippen molar-refractivity contribution < 1.29 is 14.7 Å². The second-order valence-corrected chi connectivity index (χ2v) is 5.31. The van der Waals surface area contributed by atoms with Crippen molar-refractivity contribution in [2.75, 3.05) is 18.4 Å². The maximum Gasteiger partial charge on any atom is 0.407 e. The number of anilines is 1. The summed E-state index contributed by atoms with van der Waals surface area (Å²) in [6, 6.07) is 1.90. The maximum absolute atomic E-state index is 12.2. The third-order valence-corrected chi connectivity index (χ3v) is 3.47. The molecule has 7 heteroatoms. The van der Waals surface area contributed by atoms with Gasteiger partial charge in [-0.25, -0.2) is 9.48 Å². The number of hydrogen-bond donors (Lipinski definition) is 2. The van der Waals surface area contributed by atoms with Crippen LogP contribution in [0.1, 0.15) is 32.7 Å². The van der Waals surface area contributed by atoms with Crippen molar-refractivity contribution in [2.45, 2.75) is 32.7 Å². The van der Waals surface area contributed by atoms with E-state index in [0.29, 0.717) is 25.2 Å². The lowest BCUT2D eigenvalue weighted by atomic mass is 9.97. The summed E-state index contributed by atoms with van der Waals surface area (Å²) >= 11 is 0. The molecule has 0 saturated carbocycles. The summed E-state index contributed by atoms with van der Waals surface area (Å²) in [5.74, 6) is 0.214. The molecule has 1 aromatic rings. The van der Waals surface area contributed by atoms with Gasteiger partial charge in [0.2, 0.25) is 5.91 Å². The monoisotopic (exact) mass is 280 g/mol. The number of nitrogens with zero attached hydrogens (tertiary/aromatic N) is 3. The number of likely N-dealkylation sites (tertiary alicyclic amines) is 1. The van der Waals surface area contributed by atoms with E-state index in [-0.39, 0.29) is 24.4 Å². The molecule has 0 aromatic carbocycles. The minimum absolute atomic E-state index is 0.140. The molecule has 110 valence electrons. The molecule has 1 unspecified atom stereocenters. The van der Waals surface area contributed by atoms with Gasteiger partial charge in [-0.1, -0.05) is 0 Å². The third-order valence-electron chi connectivity index (χ3n) is 3.47. The average Bonchev–Trinajstić information content (AvgIpc) is 2.87. The Kier molecular flexibility index (Phi) is 4.26. The molecule has 1 aliphatic heterocycles. The molecule has 7 nitrogen and oxygen atoms in total. The molecule has 1 aromatic heterocycles. The lowest BCUT2D eigenvalue weighted by molar-refractivity contribution is -0.121. The zero-order valence-corrected chi connectivity index (χ0v) is 11.7. The highest BCUT2D eigenvalue weighted by molar-refractivity contribution is 5.92. The van der Waals surface area contributed by atoms with Crippen molar-refractivity contribution >= 4 is 17.8 Å². The molecule has 0 bridgehead atoms. The standard InChI is InChI=1S/C13H20N4O3/c1-9(2)17-11(5-6-14-17)15-12(18)10-4-3-7-16(8-10)13(19)20/h5-6,9-10H,3-4,7-8H2,1-2H3,(H,15,18)(H,19,20). The molecule has 20 heavy (non-hydrogen) atoms. The number of nitrogens with one attached hydrogen (secondary N) is 1. The van der Waals surface area contributed by atoms with Crippen LogP contribution in [0, 0.1) is 5.92 Å². The number of carboxylic acid groups (broad SMARTS) is 1. The van der Waals surface area contributed by atoms with Crippen LogP contribution in [-0.4, -0.2) is 44.9 Å². The van der Waals surface area contributed by atoms with E-state index >= 15 is 0 Å². The first-order chi connectivity index (χ1) is 9.49. The first kappa shape index (κ1) is 14.4. The van der Waals surface area contributed by atoms with Crippen LogP contribution in [0.25, 0.3) is 0 Å². The van der Waals surface area contributed by atoms with Crippen LogP contribution in [-0.2, 0) is 4.79 Å². The van der Waals surface area contributed by atoms with Crippen LogP contribution in [0.5, 0.6) is 0 Å². The molecule has 1 saturated heterocycles. The van der Waals surface area contributed by atoms with Gasteiger partial charge in [-0.3, -0.25) is 4.79 Å². The molecule has 1 fully saturated rings. The molecule has 2 rings (SSSR count). The molecule has 1 atom stereocenters. The Bertz CT molecular complexity index is 498. The molecule has 0 aliphatic carbocycles. The molecular formula is C13H20N4O3. The quantitative estimate of drug-likeness (QED) is 0.883. The van der Waals surface area contributed by atoms with Crippen LogP contribution in [0.4, 0.5) is 10.6 Å². The Morgan fingerprint density at radius 3 is 2.90 bits per heavy atom. The maximum atomic E-state index is 12.2. The smallest absolute Gasteiger partial charge is 0.407 e. The van der Waals surface area contributed by atoms with Crippen molar-refractivity contribution in [3.8, 4) is 0 Å². The number of carbonyl (C=O) groups excluding carboxylic acids is 1. The van der Waals surface area contributed by atoms with E-state index in [9.17, 15) is 9.59 Å². The Balaban J connectivity index is 2.01. The number of amides is 2. The average molecular weight is 280 g/mol. The Hall–Kier alpha value is -2.05. The lowest BCUT2D eigenvalue weighted by Gasteiger charge is -2.29. The van der Waals surface area contributed by atoms with Crippen LogP contribution < -0.4 is 5.32 Å². The Labute approximate surface area is 117 Å². The molecule has 1 aliphatic rings. The molecule has 0 spiro atoms. The van der Waals surface area contributed by atoms with Gasteiger partial charge in [0.25, 0.3) is 0 Å². The lowest BCUT2D eigenvalue weighted by Crippen LogP contribution is -2.43. The third kappa shape index (κ3) is 3.09. The summed E-state index contributed by atoms with van der Waals surface area (Å²) in [6.07, 6.45) is 2.11. The summed E-state index contributed by atoms with van der Waals surface area (Å²) in [5.41, 5.74) is 0. The molecule has 2 N–H and O–H groups in total. The SMILES string of the molecule is CC(C)n1nccc1NC(=O)C1CCCN(C(=O)O)C1. The largest absolute Gasteiger partial charge is 0.465 e. The first-order valence-electron chi connectivity index (χ1n) is 6.81. The van der Waals surface area contributed by atoms with Crippen molar-refractivity contribution in [1.82, 2.24) is 14.7 Å². The highest BCUT2D eigenvalue weighted by Crippen LogP contribution is 2.20. The van der Waals surface area contributed by atoms with E-state index in [1.807, 2.05) is 13.8 Å². The molecule has 0 radical (unpaired) electrons. The van der Waals surface area contributed by atoms with Crippen molar-refractivity contribution in [3.63, 3.8) is 0 Å². The van der Waals surface area contributed by atoms with Gasteiger partial charge in [-0.05, 0) is 26.7 Å². The predicted molar refractivity (Wildman–Crippen MR) is 73.6 cm³/mol. The minimum Gasteiger partial charge on any atom is -0.465 e. The van der Waals surface area contributed by atoms with Crippen LogP contribution in [0.3, 0.4) is 0 Å². The summed E-state index contributed by atoms with van der Waals surface area (Å²) in [6.45, 7) is 4.73. The van der Waals surface area contributed by atoms with Gasteiger partial charge in [0.15, 0.2) is 0 Å². The number of aromatic nitrogens is 2. The second kappa shape index (κ2) is 5.94. The van der Waals surface area contributed by atoms with Crippen LogP contribution in [0.2, 0.25) is 0 Å². The number of rotatable bonds is 3. The van der Waals surface area contributed by atoms with E-state index in [1.54, 1.807) is 16.9 Å². The van der Waals surface area contributed by atoms with E-state index in [4.69, 9.17) is 5.11 Å². The van der Waals surface area contributed by atoms with E-state index < -0.39 is 6.09 Å². The van der Waals surface area contributed by atoms with E-state index in [2.05, 4.69) is 10.4 Å². The minimum atomic E-state index is -0.963. The fourth-order valence-corrected chi connectivity index (χ4v) is 2.42. The summed E-state index contributed by atoms with van der Waals surface area (Å²) in [4.78, 5) is 24.5. The highest BCUT2D eigenvalue weighted by Gasteiger charge is 2.28. The fourth-order valence-electron chi connectivity index (χ4n) is 2.42. The predicted octanol–water partition coefficient (Wildman–Crippen LogP) is 1.79. The normalized spacial score (nSPS) is 19.1. The van der Waals surface area contributed by atoms with Gasteiger partial charge in [0.05, 0.1) is 12.1 Å². The second-order valence-electron chi connectivity index (χ2n) is 5.31. The van der Waals surface area contributed by atoms with Crippen molar-refractivity contribution in [1.29, 1.82) is 0 Å². The van der Waals surface area contributed by atoms with Crippen molar-refractivity contribution in [3.05, 3.63) is 12.3 Å². The number of hydrogen-bond acceptors (Lipinski definition) is 3. The van der Waals surface area contributed by atoms with Gasteiger partial charge < -0.3 is 15.3 Å². The van der Waals surface area contributed by atoms with Gasteiger partial charge >= 0.3 is 6.09 Å². The van der Waals surface area contributed by atoms with Crippen LogP contribution in [0.15, 0.2) is 12.3 Å². The first-order valence-corrected chi connectivity index (χ1v) is 6.81. The fraction of sp³-hybridized carbons (Fsp3) is 0.615. The number of carbonyl (C=O) groups is 2. The Morgan fingerprint density at radius 2 is 2.25 bits per heavy atom. The Morgan fingerprint density at radius 1 is 1.50 bits per heavy atom. The molecule has 2 heterocycles. The van der Waals surface area contributed by atoms with Gasteiger partial charge in [-0.2, -0.15) is 5.10 Å². The van der Waals surface area contributed by atoms with Crippen molar-refractivity contribution in [2.24, 2.45) is 5.92 Å². The molecular weight excluding hydrogens is 260 g/mol. The van der Waals surface area contributed by atoms with Crippen LogP contribution >= 0.6 is 0 Å². The zero-order valence-electron chi connectivity index (χ0n) is 11.7. The van der Waals surface area contributed by atoms with Gasteiger partial charge in [0.1, 0.15) is 5.82 Å². The topological polar surface area (TPSA) is 87.5 Å². The number of piperidine rings is 1. The zero-order chi connectivity index (χ0) is 14.7. The van der Waals surface area contributed by atoms with Gasteiger partial charge in [0, 0.05) is 25.2 Å². The highest BCUT2D eigenvalue weighted by atomic mass is 16.4.